The number of anilines is 1. The van der Waals surface area contributed by atoms with Crippen LogP contribution in [0.5, 0.6) is 0 Å². The molecule has 1 aliphatic heterocycles. The number of carbonyl (C=O) groups excluding carboxylic acids is 1. The van der Waals surface area contributed by atoms with Gasteiger partial charge in [-0.2, -0.15) is 0 Å². The van der Waals surface area contributed by atoms with Crippen molar-refractivity contribution in [3.05, 3.63) is 71.3 Å². The molecule has 1 fully saturated rings. The van der Waals surface area contributed by atoms with Gasteiger partial charge in [-0.3, -0.25) is 9.69 Å². The van der Waals surface area contributed by atoms with E-state index in [0.717, 1.165) is 54.3 Å². The number of nitrogens with zero attached hydrogens (tertiary/aromatic N) is 3. The van der Waals surface area contributed by atoms with Crippen molar-refractivity contribution in [1.82, 2.24) is 15.2 Å². The number of thiazole rings is 1. The molecule has 6 heteroatoms. The summed E-state index contributed by atoms with van der Waals surface area (Å²) in [5.41, 5.74) is 4.78. The van der Waals surface area contributed by atoms with Crippen molar-refractivity contribution >= 4 is 43.4 Å². The van der Waals surface area contributed by atoms with Crippen LogP contribution < -0.4 is 10.2 Å². The summed E-state index contributed by atoms with van der Waals surface area (Å²) < 4.78 is 1.30. The third kappa shape index (κ3) is 4.87. The third-order valence-electron chi connectivity index (χ3n) is 6.43. The van der Waals surface area contributed by atoms with Gasteiger partial charge in [0.25, 0.3) is 0 Å². The van der Waals surface area contributed by atoms with Gasteiger partial charge in [-0.1, -0.05) is 59.9 Å². The van der Waals surface area contributed by atoms with Crippen molar-refractivity contribution in [2.75, 3.05) is 44.2 Å². The van der Waals surface area contributed by atoms with E-state index in [4.69, 9.17) is 4.98 Å². The lowest BCUT2D eigenvalue weighted by Gasteiger charge is -2.34. The molecular weight excluding hydrogens is 428 g/mol. The van der Waals surface area contributed by atoms with E-state index in [-0.39, 0.29) is 5.91 Å². The van der Waals surface area contributed by atoms with Crippen molar-refractivity contribution in [2.45, 2.75) is 20.3 Å². The number of hydrogen-bond donors (Lipinski definition) is 1. The number of nitrogens with one attached hydrogen (secondary N) is 1. The summed E-state index contributed by atoms with van der Waals surface area (Å²) in [4.78, 5) is 22.3. The average molecular weight is 459 g/mol. The maximum atomic E-state index is 12.5. The smallest absolute Gasteiger partial charge is 0.224 e. The molecule has 3 aromatic carbocycles. The van der Waals surface area contributed by atoms with Gasteiger partial charge in [0.1, 0.15) is 0 Å². The second kappa shape index (κ2) is 9.49. The summed E-state index contributed by atoms with van der Waals surface area (Å²) in [5.74, 6) is 0.0881. The average Bonchev–Trinajstić information content (AvgIpc) is 3.24. The number of benzene rings is 3. The third-order valence-corrected chi connectivity index (χ3v) is 7.70. The molecule has 2 heterocycles. The van der Waals surface area contributed by atoms with E-state index in [1.165, 1.54) is 21.2 Å². The maximum Gasteiger partial charge on any atom is 0.224 e. The first-order chi connectivity index (χ1) is 16.1. The van der Waals surface area contributed by atoms with E-state index in [2.05, 4.69) is 59.3 Å². The van der Waals surface area contributed by atoms with E-state index in [9.17, 15) is 4.79 Å². The van der Waals surface area contributed by atoms with Gasteiger partial charge in [0.15, 0.2) is 5.13 Å². The number of carbonyl (C=O) groups is 1. The molecule has 170 valence electrons. The van der Waals surface area contributed by atoms with Gasteiger partial charge in [-0.15, -0.1) is 0 Å². The highest BCUT2D eigenvalue weighted by Crippen LogP contribution is 2.32. The van der Waals surface area contributed by atoms with Crippen molar-refractivity contribution < 1.29 is 4.79 Å². The van der Waals surface area contributed by atoms with E-state index in [0.29, 0.717) is 13.0 Å². The Labute approximate surface area is 199 Å². The Morgan fingerprint density at radius 2 is 1.82 bits per heavy atom. The Hall–Kier alpha value is -2.96. The summed E-state index contributed by atoms with van der Waals surface area (Å²) in [6.07, 6.45) is 0.422. The summed E-state index contributed by atoms with van der Waals surface area (Å²) in [5, 5.41) is 6.58. The lowest BCUT2D eigenvalue weighted by Crippen LogP contribution is -2.48. The standard InChI is InChI=1S/C27H30N4OS/c1-19-16-20(2)26-24(17-19)29-27(33-26)31-14-12-30(13-15-31)11-10-28-25(32)18-22-8-5-7-21-6-3-4-9-23(21)22/h3-9,16-17H,10-15,18H2,1-2H3,(H,28,32). The van der Waals surface area contributed by atoms with E-state index >= 15 is 0 Å². The molecule has 0 spiro atoms. The second-order valence-electron chi connectivity index (χ2n) is 8.92. The van der Waals surface area contributed by atoms with Crippen LogP contribution in [0, 0.1) is 13.8 Å². The van der Waals surface area contributed by atoms with Crippen molar-refractivity contribution in [3.8, 4) is 0 Å². The van der Waals surface area contributed by atoms with Crippen LogP contribution in [-0.4, -0.2) is 55.1 Å². The number of amides is 1. The highest BCUT2D eigenvalue weighted by atomic mass is 32.1. The molecule has 0 aliphatic carbocycles. The predicted octanol–water partition coefficient (Wildman–Crippen LogP) is 4.55. The van der Waals surface area contributed by atoms with Gasteiger partial charge in [0.05, 0.1) is 16.6 Å². The second-order valence-corrected chi connectivity index (χ2v) is 9.90. The first-order valence-electron chi connectivity index (χ1n) is 11.7. The highest BCUT2D eigenvalue weighted by molar-refractivity contribution is 7.22. The fourth-order valence-corrected chi connectivity index (χ4v) is 5.77. The summed E-state index contributed by atoms with van der Waals surface area (Å²) >= 11 is 1.80. The Kier molecular flexibility index (Phi) is 6.29. The molecule has 1 aromatic heterocycles. The number of aromatic nitrogens is 1. The summed E-state index contributed by atoms with van der Waals surface area (Å²) in [6, 6.07) is 18.8. The molecule has 0 atom stereocenters. The van der Waals surface area contributed by atoms with Gasteiger partial charge in [0, 0.05) is 39.3 Å². The number of piperazine rings is 1. The van der Waals surface area contributed by atoms with Crippen molar-refractivity contribution in [2.24, 2.45) is 0 Å². The number of rotatable bonds is 6. The maximum absolute atomic E-state index is 12.5. The Morgan fingerprint density at radius 3 is 2.67 bits per heavy atom. The molecule has 1 amide bonds. The van der Waals surface area contributed by atoms with Crippen molar-refractivity contribution in [3.63, 3.8) is 0 Å². The highest BCUT2D eigenvalue weighted by Gasteiger charge is 2.20. The van der Waals surface area contributed by atoms with Crippen LogP contribution in [0.25, 0.3) is 21.0 Å². The molecule has 5 nitrogen and oxygen atoms in total. The zero-order valence-corrected chi connectivity index (χ0v) is 20.1. The van der Waals surface area contributed by atoms with Crippen LogP contribution in [-0.2, 0) is 11.2 Å². The monoisotopic (exact) mass is 458 g/mol. The van der Waals surface area contributed by atoms with Gasteiger partial charge >= 0.3 is 0 Å². The minimum atomic E-state index is 0.0881. The van der Waals surface area contributed by atoms with Crippen LogP contribution in [0.3, 0.4) is 0 Å². The topological polar surface area (TPSA) is 48.5 Å². The molecule has 1 N–H and O–H groups in total. The fourth-order valence-electron chi connectivity index (χ4n) is 4.70. The SMILES string of the molecule is Cc1cc(C)c2sc(N3CCN(CCNC(=O)Cc4cccc5ccccc45)CC3)nc2c1. The van der Waals surface area contributed by atoms with Crippen LogP contribution in [0.4, 0.5) is 5.13 Å². The molecule has 0 bridgehead atoms. The van der Waals surface area contributed by atoms with Crippen LogP contribution >= 0.6 is 11.3 Å². The molecule has 1 aliphatic rings. The van der Waals surface area contributed by atoms with Crippen molar-refractivity contribution in [1.29, 1.82) is 0 Å². The van der Waals surface area contributed by atoms with Gasteiger partial charge < -0.3 is 10.2 Å². The fraction of sp³-hybridized carbons (Fsp3) is 0.333. The quantitative estimate of drug-likeness (QED) is 0.461. The molecule has 5 rings (SSSR count). The molecule has 0 radical (unpaired) electrons. The van der Waals surface area contributed by atoms with Crippen LogP contribution in [0.2, 0.25) is 0 Å². The lowest BCUT2D eigenvalue weighted by atomic mass is 10.0. The number of aryl methyl sites for hydroxylation is 2. The predicted molar refractivity (Wildman–Crippen MR) is 138 cm³/mol. The minimum Gasteiger partial charge on any atom is -0.355 e. The van der Waals surface area contributed by atoms with Gasteiger partial charge in [0.2, 0.25) is 5.91 Å². The summed E-state index contributed by atoms with van der Waals surface area (Å²) in [6.45, 7) is 9.80. The largest absolute Gasteiger partial charge is 0.355 e. The molecule has 33 heavy (non-hydrogen) atoms. The first-order valence-corrected chi connectivity index (χ1v) is 12.5. The van der Waals surface area contributed by atoms with Gasteiger partial charge in [-0.25, -0.2) is 4.98 Å². The van der Waals surface area contributed by atoms with Gasteiger partial charge in [-0.05, 0) is 47.4 Å². The molecule has 0 saturated carbocycles. The normalized spacial score (nSPS) is 14.8. The van der Waals surface area contributed by atoms with E-state index < -0.39 is 0 Å². The van der Waals surface area contributed by atoms with Crippen LogP contribution in [0.15, 0.2) is 54.6 Å². The molecule has 1 saturated heterocycles. The van der Waals surface area contributed by atoms with E-state index in [1.54, 1.807) is 11.3 Å². The van der Waals surface area contributed by atoms with E-state index in [1.807, 2.05) is 24.3 Å². The lowest BCUT2D eigenvalue weighted by molar-refractivity contribution is -0.120. The zero-order valence-electron chi connectivity index (χ0n) is 19.3. The Bertz CT molecular complexity index is 1280. The van der Waals surface area contributed by atoms with Crippen LogP contribution in [0.1, 0.15) is 16.7 Å². The number of fused-ring (bicyclic) bond motifs is 2. The molecule has 4 aromatic rings. The minimum absolute atomic E-state index is 0.0881. The zero-order chi connectivity index (χ0) is 22.8. The Morgan fingerprint density at radius 1 is 1.03 bits per heavy atom. The first kappa shape index (κ1) is 21.9. The molecular formula is C27H30N4OS. The summed E-state index contributed by atoms with van der Waals surface area (Å²) in [7, 11) is 0. The Balaban J connectivity index is 1.10. The molecule has 0 unspecified atom stereocenters. The number of hydrogen-bond acceptors (Lipinski definition) is 5.